The van der Waals surface area contributed by atoms with Crippen LogP contribution in [-0.4, -0.2) is 19.1 Å². The van der Waals surface area contributed by atoms with E-state index in [2.05, 4.69) is 25.2 Å². The van der Waals surface area contributed by atoms with Crippen molar-refractivity contribution in [1.82, 2.24) is 5.32 Å². The lowest BCUT2D eigenvalue weighted by Crippen LogP contribution is -2.38. The Bertz CT molecular complexity index is 753. The first-order valence-electron chi connectivity index (χ1n) is 9.04. The average molecular weight is 355 g/mol. The van der Waals surface area contributed by atoms with E-state index in [0.717, 1.165) is 40.2 Å². The summed E-state index contributed by atoms with van der Waals surface area (Å²) in [4.78, 5) is 12.6. The lowest BCUT2D eigenvalue weighted by atomic mass is 10.0. The second-order valence-electron chi connectivity index (χ2n) is 6.71. The van der Waals surface area contributed by atoms with E-state index in [0.29, 0.717) is 0 Å². The molecular weight excluding hydrogens is 326 g/mol. The van der Waals surface area contributed by atoms with Crippen LogP contribution in [0.25, 0.3) is 0 Å². The van der Waals surface area contributed by atoms with Crippen LogP contribution < -0.4 is 14.8 Å². The highest BCUT2D eigenvalue weighted by atomic mass is 16.5. The molecule has 2 rings (SSSR count). The van der Waals surface area contributed by atoms with Crippen molar-refractivity contribution in [3.63, 3.8) is 0 Å². The number of hydrogen-bond acceptors (Lipinski definition) is 3. The average Bonchev–Trinajstić information content (AvgIpc) is 2.63. The molecule has 0 bridgehead atoms. The molecule has 1 N–H and O–H groups in total. The predicted molar refractivity (Wildman–Crippen MR) is 105 cm³/mol. The number of methoxy groups -OCH3 is 1. The molecule has 0 spiro atoms. The molecule has 0 aromatic heterocycles. The zero-order valence-electron chi connectivity index (χ0n) is 16.6. The molecule has 4 heteroatoms. The first-order valence-corrected chi connectivity index (χ1v) is 9.04. The van der Waals surface area contributed by atoms with Crippen molar-refractivity contribution in [2.75, 3.05) is 7.11 Å². The second-order valence-corrected chi connectivity index (χ2v) is 6.71. The summed E-state index contributed by atoms with van der Waals surface area (Å²) in [5, 5.41) is 3.08. The van der Waals surface area contributed by atoms with Gasteiger partial charge in [0.2, 0.25) is 0 Å². The van der Waals surface area contributed by atoms with Crippen LogP contribution in [0.3, 0.4) is 0 Å². The van der Waals surface area contributed by atoms with Gasteiger partial charge in [-0.2, -0.15) is 0 Å². The Labute approximate surface area is 156 Å². The van der Waals surface area contributed by atoms with E-state index in [-0.39, 0.29) is 11.9 Å². The molecule has 0 saturated heterocycles. The minimum Gasteiger partial charge on any atom is -0.497 e. The van der Waals surface area contributed by atoms with E-state index in [4.69, 9.17) is 9.47 Å². The van der Waals surface area contributed by atoms with Crippen LogP contribution in [0.15, 0.2) is 36.4 Å². The smallest absolute Gasteiger partial charge is 0.261 e. The van der Waals surface area contributed by atoms with Gasteiger partial charge in [0.15, 0.2) is 6.10 Å². The normalized spacial score (nSPS) is 13.0. The third-order valence-electron chi connectivity index (χ3n) is 4.68. The summed E-state index contributed by atoms with van der Waals surface area (Å²) >= 11 is 0. The highest BCUT2D eigenvalue weighted by Gasteiger charge is 2.20. The largest absolute Gasteiger partial charge is 0.497 e. The number of rotatable bonds is 7. The van der Waals surface area contributed by atoms with Crippen LogP contribution in [0, 0.1) is 20.8 Å². The molecule has 1 amide bonds. The highest BCUT2D eigenvalue weighted by molar-refractivity contribution is 5.81. The zero-order chi connectivity index (χ0) is 19.3. The fourth-order valence-electron chi connectivity index (χ4n) is 2.91. The number of amides is 1. The first-order chi connectivity index (χ1) is 12.3. The fraction of sp³-hybridized carbons (Fsp3) is 0.409. The van der Waals surface area contributed by atoms with Crippen molar-refractivity contribution >= 4 is 5.91 Å². The standard InChI is InChI=1S/C22H29NO3/c1-7-20(18-8-10-19(25-6)11-9-18)23-22(24)17(5)26-21-13-14(2)12-15(3)16(21)4/h8-13,17,20H,7H2,1-6H3,(H,23,24)/t17-,20-/m0/s1. The first kappa shape index (κ1) is 19.8. The molecule has 4 nitrogen and oxygen atoms in total. The maximum absolute atomic E-state index is 12.6. The zero-order valence-corrected chi connectivity index (χ0v) is 16.6. The summed E-state index contributed by atoms with van der Waals surface area (Å²) in [6, 6.07) is 11.8. The van der Waals surface area contributed by atoms with Crippen molar-refractivity contribution in [1.29, 1.82) is 0 Å². The van der Waals surface area contributed by atoms with Gasteiger partial charge in [-0.15, -0.1) is 0 Å². The van der Waals surface area contributed by atoms with E-state index >= 15 is 0 Å². The van der Waals surface area contributed by atoms with Crippen molar-refractivity contribution < 1.29 is 14.3 Å². The van der Waals surface area contributed by atoms with Gasteiger partial charge in [0.1, 0.15) is 11.5 Å². The molecule has 0 radical (unpaired) electrons. The van der Waals surface area contributed by atoms with E-state index < -0.39 is 6.10 Å². The summed E-state index contributed by atoms with van der Waals surface area (Å²) in [5.74, 6) is 1.45. The Morgan fingerprint density at radius 1 is 1.12 bits per heavy atom. The molecule has 0 aliphatic carbocycles. The third kappa shape index (κ3) is 4.78. The van der Waals surface area contributed by atoms with Gasteiger partial charge >= 0.3 is 0 Å². The molecular formula is C22H29NO3. The minimum absolute atomic E-state index is 0.0557. The van der Waals surface area contributed by atoms with E-state index in [9.17, 15) is 4.79 Å². The number of ether oxygens (including phenoxy) is 2. The van der Waals surface area contributed by atoms with E-state index in [1.807, 2.05) is 44.2 Å². The number of nitrogens with one attached hydrogen (secondary N) is 1. The van der Waals surface area contributed by atoms with Crippen molar-refractivity contribution in [3.05, 3.63) is 58.7 Å². The third-order valence-corrected chi connectivity index (χ3v) is 4.68. The van der Waals surface area contributed by atoms with Gasteiger partial charge in [0, 0.05) is 0 Å². The van der Waals surface area contributed by atoms with Crippen LogP contribution >= 0.6 is 0 Å². The van der Waals surface area contributed by atoms with Crippen molar-refractivity contribution in [2.24, 2.45) is 0 Å². The van der Waals surface area contributed by atoms with Crippen LogP contribution in [0.1, 0.15) is 48.6 Å². The molecule has 0 saturated carbocycles. The molecule has 140 valence electrons. The Kier molecular flexibility index (Phi) is 6.67. The number of benzene rings is 2. The molecule has 0 heterocycles. The Morgan fingerprint density at radius 2 is 1.77 bits per heavy atom. The summed E-state index contributed by atoms with van der Waals surface area (Å²) in [5.41, 5.74) is 4.41. The SMILES string of the molecule is CC[C@H](NC(=O)[C@H](C)Oc1cc(C)cc(C)c1C)c1ccc(OC)cc1. The molecule has 0 unspecified atom stereocenters. The fourth-order valence-corrected chi connectivity index (χ4v) is 2.91. The lowest BCUT2D eigenvalue weighted by molar-refractivity contribution is -0.128. The van der Waals surface area contributed by atoms with Gasteiger partial charge < -0.3 is 14.8 Å². The quantitative estimate of drug-likeness (QED) is 0.786. The number of carbonyl (C=O) groups is 1. The Morgan fingerprint density at radius 3 is 2.35 bits per heavy atom. The molecule has 0 aliphatic rings. The van der Waals surface area contributed by atoms with Crippen LogP contribution in [-0.2, 0) is 4.79 Å². The predicted octanol–water partition coefficient (Wildman–Crippen LogP) is 4.66. The van der Waals surface area contributed by atoms with Gasteiger partial charge in [-0.25, -0.2) is 0 Å². The maximum atomic E-state index is 12.6. The van der Waals surface area contributed by atoms with Gasteiger partial charge in [0.25, 0.3) is 5.91 Å². The summed E-state index contributed by atoms with van der Waals surface area (Å²) in [6.07, 6.45) is 0.232. The molecule has 2 aromatic carbocycles. The van der Waals surface area contributed by atoms with Crippen LogP contribution in [0.5, 0.6) is 11.5 Å². The summed E-state index contributed by atoms with van der Waals surface area (Å²) in [7, 11) is 1.64. The molecule has 0 aliphatic heterocycles. The molecule has 2 aromatic rings. The number of carbonyl (C=O) groups excluding carboxylic acids is 1. The molecule has 0 fully saturated rings. The van der Waals surface area contributed by atoms with Crippen molar-refractivity contribution in [2.45, 2.75) is 53.2 Å². The monoisotopic (exact) mass is 355 g/mol. The van der Waals surface area contributed by atoms with Gasteiger partial charge in [0.05, 0.1) is 13.2 Å². The number of hydrogen-bond donors (Lipinski definition) is 1. The van der Waals surface area contributed by atoms with Crippen LogP contribution in [0.2, 0.25) is 0 Å². The summed E-state index contributed by atoms with van der Waals surface area (Å²) in [6.45, 7) is 9.93. The number of aryl methyl sites for hydroxylation is 2. The topological polar surface area (TPSA) is 47.6 Å². The minimum atomic E-state index is -0.567. The Balaban J connectivity index is 2.07. The van der Waals surface area contributed by atoms with E-state index in [1.165, 1.54) is 0 Å². The van der Waals surface area contributed by atoms with E-state index in [1.54, 1.807) is 14.0 Å². The summed E-state index contributed by atoms with van der Waals surface area (Å²) < 4.78 is 11.1. The van der Waals surface area contributed by atoms with Crippen LogP contribution in [0.4, 0.5) is 0 Å². The van der Waals surface area contributed by atoms with Gasteiger partial charge in [-0.05, 0) is 74.6 Å². The highest BCUT2D eigenvalue weighted by Crippen LogP contribution is 2.25. The Hall–Kier alpha value is -2.49. The van der Waals surface area contributed by atoms with Gasteiger partial charge in [-0.1, -0.05) is 25.1 Å². The molecule has 26 heavy (non-hydrogen) atoms. The maximum Gasteiger partial charge on any atom is 0.261 e. The van der Waals surface area contributed by atoms with Gasteiger partial charge in [-0.3, -0.25) is 4.79 Å². The molecule has 2 atom stereocenters. The lowest BCUT2D eigenvalue weighted by Gasteiger charge is -2.22. The second kappa shape index (κ2) is 8.75. The van der Waals surface area contributed by atoms with Crippen molar-refractivity contribution in [3.8, 4) is 11.5 Å².